The molecule has 29 heavy (non-hydrogen) atoms. The highest BCUT2D eigenvalue weighted by atomic mass is 32.2. The maximum atomic E-state index is 12.4. The third-order valence-corrected chi connectivity index (χ3v) is 5.02. The summed E-state index contributed by atoms with van der Waals surface area (Å²) in [6.07, 6.45) is 0. The van der Waals surface area contributed by atoms with Gasteiger partial charge >= 0.3 is 12.0 Å². The first-order chi connectivity index (χ1) is 13.8. The second-order valence-corrected chi connectivity index (χ2v) is 7.83. The first-order valence-corrected chi connectivity index (χ1v) is 10.1. The molecule has 0 radical (unpaired) electrons. The van der Waals surface area contributed by atoms with Gasteiger partial charge in [0.15, 0.2) is 6.61 Å². The molecule has 0 spiro atoms. The predicted octanol–water partition coefficient (Wildman–Crippen LogP) is 3.22. The Hall–Kier alpha value is -2.81. The average molecular weight is 420 g/mol. The zero-order chi connectivity index (χ0) is 21.4. The molecule has 0 saturated heterocycles. The second-order valence-electron chi connectivity index (χ2n) is 6.82. The number of carbonyl (C=O) groups is 3. The number of rotatable bonds is 8. The van der Waals surface area contributed by atoms with Crippen LogP contribution in [-0.4, -0.2) is 36.2 Å². The quantitative estimate of drug-likeness (QED) is 0.499. The lowest BCUT2D eigenvalue weighted by Crippen LogP contribution is -2.42. The molecule has 0 aliphatic carbocycles. The van der Waals surface area contributed by atoms with E-state index in [2.05, 4.69) is 15.8 Å². The van der Waals surface area contributed by atoms with Crippen molar-refractivity contribution >= 4 is 29.7 Å². The Morgan fingerprint density at radius 3 is 2.59 bits per heavy atom. The number of benzene rings is 1. The van der Waals surface area contributed by atoms with Crippen LogP contribution >= 0.6 is 11.8 Å². The van der Waals surface area contributed by atoms with Crippen molar-refractivity contribution in [2.24, 2.45) is 5.92 Å². The molecule has 2 N–H and O–H groups in total. The zero-order valence-corrected chi connectivity index (χ0v) is 17.7. The van der Waals surface area contributed by atoms with Gasteiger partial charge in [-0.15, -0.1) is 11.8 Å². The molecule has 8 nitrogen and oxygen atoms in total. The predicted molar refractivity (Wildman–Crippen MR) is 109 cm³/mol. The van der Waals surface area contributed by atoms with Crippen molar-refractivity contribution < 1.29 is 23.6 Å². The van der Waals surface area contributed by atoms with Gasteiger partial charge in [-0.1, -0.05) is 31.1 Å². The second kappa shape index (κ2) is 10.7. The highest BCUT2D eigenvalue weighted by molar-refractivity contribution is 7.98. The molecule has 156 valence electrons. The summed E-state index contributed by atoms with van der Waals surface area (Å²) in [4.78, 5) is 36.5. The molecule has 9 heteroatoms. The maximum Gasteiger partial charge on any atom is 0.339 e. The molecule has 0 fully saturated rings. The number of imide groups is 1. The number of carbonyl (C=O) groups excluding carboxylic acids is 3. The lowest BCUT2D eigenvalue weighted by molar-refractivity contribution is -0.123. The largest absolute Gasteiger partial charge is 0.452 e. The summed E-state index contributed by atoms with van der Waals surface area (Å²) >= 11 is 1.45. The highest BCUT2D eigenvalue weighted by Gasteiger charge is 2.17. The van der Waals surface area contributed by atoms with Gasteiger partial charge in [0.1, 0.15) is 5.76 Å². The molecular formula is C20H25N3O5S. The van der Waals surface area contributed by atoms with Gasteiger partial charge in [0.25, 0.3) is 5.91 Å². The van der Waals surface area contributed by atoms with Crippen LogP contribution in [0.5, 0.6) is 0 Å². The molecule has 1 aromatic heterocycles. The van der Waals surface area contributed by atoms with Crippen molar-refractivity contribution in [3.8, 4) is 0 Å². The summed E-state index contributed by atoms with van der Waals surface area (Å²) in [5.74, 6) is 0.253. The molecule has 0 saturated carbocycles. The van der Waals surface area contributed by atoms with Gasteiger partial charge in [-0.25, -0.2) is 9.59 Å². The van der Waals surface area contributed by atoms with E-state index in [4.69, 9.17) is 9.26 Å². The standard InChI is InChI=1S/C20H25N3O5S/c1-12(2)9-21-20(26)22-18(24)10-27-19(25)15-7-5-6-8-17(15)29-11-16-13(3)23-28-14(16)4/h5-8,12H,9-11H2,1-4H3,(H2,21,22,24,26). The van der Waals surface area contributed by atoms with E-state index in [1.165, 1.54) is 11.8 Å². The number of esters is 1. The maximum absolute atomic E-state index is 12.4. The Bertz CT molecular complexity index is 859. The molecular weight excluding hydrogens is 394 g/mol. The first-order valence-electron chi connectivity index (χ1n) is 9.16. The number of aryl methyl sites for hydroxylation is 2. The van der Waals surface area contributed by atoms with Crippen molar-refractivity contribution in [1.29, 1.82) is 0 Å². The number of aromatic nitrogens is 1. The summed E-state index contributed by atoms with van der Waals surface area (Å²) in [6, 6.07) is 6.35. The molecule has 3 amide bonds. The Labute approximate surface area is 173 Å². The molecule has 0 atom stereocenters. The van der Waals surface area contributed by atoms with E-state index in [1.54, 1.807) is 18.2 Å². The molecule has 2 aromatic rings. The summed E-state index contributed by atoms with van der Waals surface area (Å²) < 4.78 is 10.2. The Balaban J connectivity index is 1.91. The number of hydrogen-bond acceptors (Lipinski definition) is 7. The van der Waals surface area contributed by atoms with Crippen molar-refractivity contribution in [1.82, 2.24) is 15.8 Å². The zero-order valence-electron chi connectivity index (χ0n) is 16.9. The molecule has 1 aromatic carbocycles. The van der Waals surface area contributed by atoms with Gasteiger partial charge in [-0.3, -0.25) is 10.1 Å². The lowest BCUT2D eigenvalue weighted by atomic mass is 10.2. The van der Waals surface area contributed by atoms with E-state index in [9.17, 15) is 14.4 Å². The number of thioether (sulfide) groups is 1. The Morgan fingerprint density at radius 1 is 1.21 bits per heavy atom. The fourth-order valence-corrected chi connectivity index (χ4v) is 3.53. The summed E-state index contributed by atoms with van der Waals surface area (Å²) in [5.41, 5.74) is 2.13. The van der Waals surface area contributed by atoms with Gasteiger partial charge in [-0.05, 0) is 31.9 Å². The van der Waals surface area contributed by atoms with Crippen LogP contribution in [0.15, 0.2) is 33.7 Å². The molecule has 0 aliphatic heterocycles. The third kappa shape index (κ3) is 6.94. The van der Waals surface area contributed by atoms with Crippen molar-refractivity contribution in [2.75, 3.05) is 13.2 Å². The molecule has 0 bridgehead atoms. The van der Waals surface area contributed by atoms with Crippen LogP contribution < -0.4 is 10.6 Å². The summed E-state index contributed by atoms with van der Waals surface area (Å²) in [6.45, 7) is 7.47. The summed E-state index contributed by atoms with van der Waals surface area (Å²) in [7, 11) is 0. The minimum Gasteiger partial charge on any atom is -0.452 e. The smallest absolute Gasteiger partial charge is 0.339 e. The minimum absolute atomic E-state index is 0.257. The fraction of sp³-hybridized carbons (Fsp3) is 0.400. The van der Waals surface area contributed by atoms with Crippen LogP contribution in [0.3, 0.4) is 0 Å². The van der Waals surface area contributed by atoms with Gasteiger partial charge in [0.05, 0.1) is 11.3 Å². The highest BCUT2D eigenvalue weighted by Crippen LogP contribution is 2.29. The number of nitrogens with zero attached hydrogens (tertiary/aromatic N) is 1. The SMILES string of the molecule is Cc1noc(C)c1CSc1ccccc1C(=O)OCC(=O)NC(=O)NCC(C)C. The fourth-order valence-electron chi connectivity index (χ4n) is 2.33. The van der Waals surface area contributed by atoms with Crippen molar-refractivity contribution in [2.45, 2.75) is 38.3 Å². The van der Waals surface area contributed by atoms with Crippen molar-refractivity contribution in [3.05, 3.63) is 46.8 Å². The number of hydrogen-bond donors (Lipinski definition) is 2. The van der Waals surface area contributed by atoms with E-state index < -0.39 is 24.5 Å². The number of urea groups is 1. The number of ether oxygens (including phenoxy) is 1. The van der Waals surface area contributed by atoms with Crippen LogP contribution in [0.2, 0.25) is 0 Å². The van der Waals surface area contributed by atoms with E-state index >= 15 is 0 Å². The van der Waals surface area contributed by atoms with Crippen LogP contribution in [0, 0.1) is 19.8 Å². The Morgan fingerprint density at radius 2 is 1.93 bits per heavy atom. The molecule has 2 rings (SSSR count). The normalized spacial score (nSPS) is 10.7. The van der Waals surface area contributed by atoms with E-state index in [1.807, 2.05) is 33.8 Å². The van der Waals surface area contributed by atoms with E-state index in [-0.39, 0.29) is 5.92 Å². The molecule has 1 heterocycles. The third-order valence-electron chi connectivity index (χ3n) is 3.92. The van der Waals surface area contributed by atoms with Crippen LogP contribution in [0.25, 0.3) is 0 Å². The number of nitrogens with one attached hydrogen (secondary N) is 2. The van der Waals surface area contributed by atoms with Crippen LogP contribution in [0.4, 0.5) is 4.79 Å². The first kappa shape index (κ1) is 22.5. The molecule has 0 aliphatic rings. The van der Waals surface area contributed by atoms with E-state index in [0.29, 0.717) is 22.8 Å². The molecule has 0 unspecified atom stereocenters. The van der Waals surface area contributed by atoms with Gasteiger partial charge in [0, 0.05) is 22.8 Å². The number of amides is 3. The van der Waals surface area contributed by atoms with Gasteiger partial charge in [0.2, 0.25) is 0 Å². The Kier molecular flexibility index (Phi) is 8.26. The van der Waals surface area contributed by atoms with Crippen LogP contribution in [0.1, 0.15) is 41.2 Å². The van der Waals surface area contributed by atoms with Crippen LogP contribution in [-0.2, 0) is 15.3 Å². The topological polar surface area (TPSA) is 111 Å². The minimum atomic E-state index is -0.694. The van der Waals surface area contributed by atoms with E-state index in [0.717, 1.165) is 17.0 Å². The van der Waals surface area contributed by atoms with Crippen molar-refractivity contribution in [3.63, 3.8) is 0 Å². The monoisotopic (exact) mass is 419 g/mol. The van der Waals surface area contributed by atoms with Gasteiger partial charge < -0.3 is 14.6 Å². The average Bonchev–Trinajstić information content (AvgIpc) is 3.00. The lowest BCUT2D eigenvalue weighted by Gasteiger charge is -2.10. The summed E-state index contributed by atoms with van der Waals surface area (Å²) in [5, 5.41) is 8.60. The van der Waals surface area contributed by atoms with Gasteiger partial charge in [-0.2, -0.15) is 0 Å².